The van der Waals surface area contributed by atoms with Crippen molar-refractivity contribution in [3.8, 4) is 0 Å². The van der Waals surface area contributed by atoms with Crippen LogP contribution in [0.5, 0.6) is 0 Å². The van der Waals surface area contributed by atoms with E-state index in [-0.39, 0.29) is 5.57 Å². The molecule has 1 aliphatic carbocycles. The average molecular weight is 376 g/mol. The summed E-state index contributed by atoms with van der Waals surface area (Å²) in [4.78, 5) is 18.0. The second-order valence-electron chi connectivity index (χ2n) is 6.21. The molecule has 0 radical (unpaired) electrons. The fourth-order valence-electron chi connectivity index (χ4n) is 2.65. The van der Waals surface area contributed by atoms with Crippen LogP contribution in [0.2, 0.25) is 0 Å². The molecule has 0 amide bonds. The van der Waals surface area contributed by atoms with Gasteiger partial charge in [-0.1, -0.05) is 0 Å². The van der Waals surface area contributed by atoms with Crippen LogP contribution in [0.1, 0.15) is 24.3 Å². The summed E-state index contributed by atoms with van der Waals surface area (Å²) in [6.45, 7) is 0.962. The Bertz CT molecular complexity index is 761. The molecule has 0 saturated heterocycles. The van der Waals surface area contributed by atoms with Crippen molar-refractivity contribution in [2.24, 2.45) is 4.99 Å². The molecule has 4 nitrogen and oxygen atoms in total. The quantitative estimate of drug-likeness (QED) is 0.371. The predicted octanol–water partition coefficient (Wildman–Crippen LogP) is 3.27. The maximum atomic E-state index is 13.9. The van der Waals surface area contributed by atoms with Crippen LogP contribution in [0.15, 0.2) is 16.3 Å². The molecule has 1 unspecified atom stereocenters. The topological polar surface area (TPSA) is 52.9 Å². The van der Waals surface area contributed by atoms with Gasteiger partial charge in [-0.15, -0.1) is 0 Å². The number of aliphatic hydroxyl groups excluding tert-OH is 1. The van der Waals surface area contributed by atoms with E-state index < -0.39 is 65.0 Å². The van der Waals surface area contributed by atoms with Crippen molar-refractivity contribution >= 4 is 12.0 Å². The lowest BCUT2D eigenvalue weighted by Crippen LogP contribution is -2.22. The van der Waals surface area contributed by atoms with E-state index in [0.29, 0.717) is 13.1 Å². The van der Waals surface area contributed by atoms with E-state index in [2.05, 4.69) is 4.99 Å². The third-order valence-electron chi connectivity index (χ3n) is 4.03. The first-order valence-corrected chi connectivity index (χ1v) is 7.76. The van der Waals surface area contributed by atoms with E-state index in [1.807, 2.05) is 19.0 Å². The molecule has 0 aromatic heterocycles. The first-order valence-electron chi connectivity index (χ1n) is 7.76. The molecule has 0 aliphatic heterocycles. The first kappa shape index (κ1) is 20.0. The van der Waals surface area contributed by atoms with Crippen LogP contribution in [0, 0.1) is 29.1 Å². The number of carbonyl (C=O) groups excluding carboxylic acids is 1. The van der Waals surface area contributed by atoms with E-state index in [1.54, 1.807) is 0 Å². The zero-order chi connectivity index (χ0) is 19.6. The second kappa shape index (κ2) is 7.94. The zero-order valence-electron chi connectivity index (χ0n) is 14.1. The number of benzene rings is 1. The standard InChI is InChI=1S/C17H17F5N2O2/c1-24(2)4-3-23-7-9-10(25)5-8(6-11(9)26)12-13(18)15(20)17(22)16(21)14(12)19/h7-8,25H,3-6H2,1-2H3. The van der Waals surface area contributed by atoms with Crippen LogP contribution >= 0.6 is 0 Å². The number of aliphatic imine (C=N–C) groups is 1. The first-order chi connectivity index (χ1) is 12.1. The summed E-state index contributed by atoms with van der Waals surface area (Å²) in [7, 11) is 3.65. The molecule has 0 bridgehead atoms. The number of rotatable bonds is 5. The van der Waals surface area contributed by atoms with Gasteiger partial charge in [0.25, 0.3) is 0 Å². The third-order valence-corrected chi connectivity index (χ3v) is 4.03. The van der Waals surface area contributed by atoms with Crippen LogP contribution in [-0.4, -0.2) is 49.2 Å². The van der Waals surface area contributed by atoms with E-state index in [4.69, 9.17) is 0 Å². The molecule has 26 heavy (non-hydrogen) atoms. The Hall–Kier alpha value is -2.29. The minimum atomic E-state index is -2.26. The highest BCUT2D eigenvalue weighted by Gasteiger charge is 2.35. The van der Waals surface area contributed by atoms with E-state index in [1.165, 1.54) is 0 Å². The summed E-state index contributed by atoms with van der Waals surface area (Å²) >= 11 is 0. The minimum absolute atomic E-state index is 0.121. The van der Waals surface area contributed by atoms with Crippen molar-refractivity contribution in [3.63, 3.8) is 0 Å². The Balaban J connectivity index is 2.31. The van der Waals surface area contributed by atoms with Gasteiger partial charge >= 0.3 is 0 Å². The third kappa shape index (κ3) is 3.92. The second-order valence-corrected chi connectivity index (χ2v) is 6.21. The predicted molar refractivity (Wildman–Crippen MR) is 84.8 cm³/mol. The summed E-state index contributed by atoms with van der Waals surface area (Å²) < 4.78 is 67.6. The number of Topliss-reactive ketones (excluding diaryl/α,β-unsaturated/α-hetero) is 1. The lowest BCUT2D eigenvalue weighted by Gasteiger charge is -2.23. The van der Waals surface area contributed by atoms with Crippen molar-refractivity contribution in [3.05, 3.63) is 46.0 Å². The molecule has 0 spiro atoms. The normalized spacial score (nSPS) is 18.5. The van der Waals surface area contributed by atoms with Gasteiger partial charge in [0.1, 0.15) is 5.76 Å². The fraction of sp³-hybridized carbons (Fsp3) is 0.412. The van der Waals surface area contributed by atoms with Crippen molar-refractivity contribution in [2.45, 2.75) is 18.8 Å². The molecule has 2 rings (SSSR count). The number of hydrogen-bond donors (Lipinski definition) is 1. The lowest BCUT2D eigenvalue weighted by molar-refractivity contribution is -0.116. The molecule has 0 heterocycles. The van der Waals surface area contributed by atoms with Crippen LogP contribution in [0.4, 0.5) is 22.0 Å². The maximum absolute atomic E-state index is 13.9. The Kier molecular flexibility index (Phi) is 6.12. The highest BCUT2D eigenvalue weighted by Crippen LogP contribution is 2.37. The van der Waals surface area contributed by atoms with Gasteiger partial charge in [-0.3, -0.25) is 9.79 Å². The number of carbonyl (C=O) groups is 1. The molecule has 1 aromatic rings. The Morgan fingerprint density at radius 2 is 1.58 bits per heavy atom. The molecule has 9 heteroatoms. The van der Waals surface area contributed by atoms with Gasteiger partial charge in [0.2, 0.25) is 5.82 Å². The molecule has 1 aliphatic rings. The van der Waals surface area contributed by atoms with Crippen molar-refractivity contribution in [1.82, 2.24) is 4.90 Å². The molecular formula is C17H17F5N2O2. The van der Waals surface area contributed by atoms with Gasteiger partial charge in [0, 0.05) is 37.1 Å². The molecule has 0 fully saturated rings. The van der Waals surface area contributed by atoms with Crippen LogP contribution in [0.25, 0.3) is 0 Å². The summed E-state index contributed by atoms with van der Waals surface area (Å²) in [6, 6.07) is 0. The molecule has 1 N–H and O–H groups in total. The molecule has 1 atom stereocenters. The summed E-state index contributed by atoms with van der Waals surface area (Å²) in [6.07, 6.45) is 0.229. The smallest absolute Gasteiger partial charge is 0.200 e. The Morgan fingerprint density at radius 1 is 1.04 bits per heavy atom. The lowest BCUT2D eigenvalue weighted by atomic mass is 9.82. The highest BCUT2D eigenvalue weighted by molar-refractivity contribution is 6.14. The van der Waals surface area contributed by atoms with Crippen molar-refractivity contribution < 1.29 is 31.9 Å². The largest absolute Gasteiger partial charge is 0.511 e. The van der Waals surface area contributed by atoms with Crippen LogP contribution in [0.3, 0.4) is 0 Å². The number of halogens is 5. The van der Waals surface area contributed by atoms with Gasteiger partial charge < -0.3 is 10.0 Å². The van der Waals surface area contributed by atoms with Crippen LogP contribution < -0.4 is 0 Å². The zero-order valence-corrected chi connectivity index (χ0v) is 14.1. The highest BCUT2D eigenvalue weighted by atomic mass is 19.2. The van der Waals surface area contributed by atoms with Crippen molar-refractivity contribution in [2.75, 3.05) is 27.2 Å². The number of aliphatic hydroxyl groups is 1. The van der Waals surface area contributed by atoms with Gasteiger partial charge in [0.15, 0.2) is 29.1 Å². The van der Waals surface area contributed by atoms with Crippen molar-refractivity contribution in [1.29, 1.82) is 0 Å². The summed E-state index contributed by atoms with van der Waals surface area (Å²) in [5.74, 6) is -12.9. The van der Waals surface area contributed by atoms with Gasteiger partial charge in [0.05, 0.1) is 12.1 Å². The van der Waals surface area contributed by atoms with E-state index in [0.717, 1.165) is 6.21 Å². The van der Waals surface area contributed by atoms with Gasteiger partial charge in [-0.05, 0) is 14.1 Å². The Labute approximate surface area is 146 Å². The van der Waals surface area contributed by atoms with Gasteiger partial charge in [-0.25, -0.2) is 22.0 Å². The summed E-state index contributed by atoms with van der Waals surface area (Å²) in [5, 5.41) is 10.0. The van der Waals surface area contributed by atoms with E-state index >= 15 is 0 Å². The Morgan fingerprint density at radius 3 is 2.08 bits per heavy atom. The number of allylic oxidation sites excluding steroid dienone is 2. The van der Waals surface area contributed by atoms with E-state index in [9.17, 15) is 31.9 Å². The number of ketones is 1. The SMILES string of the molecule is CN(C)CCN=CC1=C(O)CC(c2c(F)c(F)c(F)c(F)c2F)CC1=O. The minimum Gasteiger partial charge on any atom is -0.511 e. The summed E-state index contributed by atoms with van der Waals surface area (Å²) in [5.41, 5.74) is -1.21. The fourth-order valence-corrected chi connectivity index (χ4v) is 2.65. The number of nitrogens with zero attached hydrogens (tertiary/aromatic N) is 2. The maximum Gasteiger partial charge on any atom is 0.200 e. The monoisotopic (exact) mass is 376 g/mol. The molecule has 0 saturated carbocycles. The van der Waals surface area contributed by atoms with Gasteiger partial charge in [-0.2, -0.15) is 0 Å². The molecular weight excluding hydrogens is 359 g/mol. The van der Waals surface area contributed by atoms with Crippen LogP contribution in [-0.2, 0) is 4.79 Å². The number of hydrogen-bond acceptors (Lipinski definition) is 4. The molecule has 1 aromatic carbocycles. The molecule has 142 valence electrons. The number of likely N-dealkylation sites (N-methyl/N-ethyl adjacent to an activating group) is 1. The average Bonchev–Trinajstić information content (AvgIpc) is 2.57.